The van der Waals surface area contributed by atoms with Crippen molar-refractivity contribution < 1.29 is 19.0 Å². The average Bonchev–Trinajstić information content (AvgIpc) is 2.91. The van der Waals surface area contributed by atoms with Gasteiger partial charge in [-0.05, 0) is 24.3 Å². The first-order valence-electron chi connectivity index (χ1n) is 8.22. The van der Waals surface area contributed by atoms with Crippen molar-refractivity contribution >= 4 is 5.91 Å². The molecule has 6 heteroatoms. The van der Waals surface area contributed by atoms with E-state index in [9.17, 15) is 4.79 Å². The lowest BCUT2D eigenvalue weighted by Crippen LogP contribution is -2.51. The predicted molar refractivity (Wildman–Crippen MR) is 92.6 cm³/mol. The lowest BCUT2D eigenvalue weighted by Gasteiger charge is -2.34. The fourth-order valence-electron chi connectivity index (χ4n) is 2.76. The number of para-hydroxylation sites is 1. The summed E-state index contributed by atoms with van der Waals surface area (Å²) in [6, 6.07) is 13.0. The number of methoxy groups -OCH3 is 1. The molecule has 1 fully saturated rings. The van der Waals surface area contributed by atoms with Crippen LogP contribution in [0.2, 0.25) is 0 Å². The molecule has 2 heterocycles. The highest BCUT2D eigenvalue weighted by atomic mass is 16.6. The van der Waals surface area contributed by atoms with Crippen molar-refractivity contribution in [2.75, 3.05) is 40.0 Å². The Bertz CT molecular complexity index is 680. The molecule has 1 saturated heterocycles. The zero-order chi connectivity index (χ0) is 17.5. The van der Waals surface area contributed by atoms with Crippen molar-refractivity contribution in [2.45, 2.75) is 5.60 Å². The highest BCUT2D eigenvalue weighted by Crippen LogP contribution is 2.21. The molecule has 0 N–H and O–H groups in total. The Kier molecular flexibility index (Phi) is 5.63. The van der Waals surface area contributed by atoms with Crippen LogP contribution in [0, 0.1) is 0 Å². The minimum Gasteiger partial charge on any atom is -0.490 e. The minimum absolute atomic E-state index is 0.0611. The Hall–Kier alpha value is -2.44. The number of aromatic nitrogens is 1. The Balaban J connectivity index is 1.73. The summed E-state index contributed by atoms with van der Waals surface area (Å²) < 4.78 is 17.3. The van der Waals surface area contributed by atoms with Crippen molar-refractivity contribution in [1.29, 1.82) is 0 Å². The zero-order valence-electron chi connectivity index (χ0n) is 14.3. The number of hydrogen-bond donors (Lipinski definition) is 0. The number of pyridine rings is 1. The van der Waals surface area contributed by atoms with Gasteiger partial charge in [0.1, 0.15) is 18.0 Å². The molecule has 1 aromatic heterocycles. The maximum atomic E-state index is 12.8. The molecule has 0 aliphatic carbocycles. The van der Waals surface area contributed by atoms with Crippen LogP contribution in [0.1, 0.15) is 10.4 Å². The Morgan fingerprint density at radius 1 is 1.24 bits per heavy atom. The van der Waals surface area contributed by atoms with Crippen LogP contribution in [0.5, 0.6) is 5.75 Å². The molecule has 1 aromatic carbocycles. The summed E-state index contributed by atoms with van der Waals surface area (Å²) in [6.07, 6.45) is 3.23. The van der Waals surface area contributed by atoms with Crippen LogP contribution in [-0.2, 0) is 9.47 Å². The lowest BCUT2D eigenvalue weighted by molar-refractivity contribution is -0.0898. The third kappa shape index (κ3) is 4.35. The second-order valence-electron chi connectivity index (χ2n) is 6.00. The molecule has 1 amide bonds. The molecule has 0 bridgehead atoms. The SMILES string of the molecule is CO[C@]1(COc2ccccc2)COCCN(C(=O)c2ccncc2)C1. The van der Waals surface area contributed by atoms with E-state index in [1.54, 1.807) is 36.5 Å². The van der Waals surface area contributed by atoms with Gasteiger partial charge in [-0.3, -0.25) is 9.78 Å². The molecule has 1 aliphatic rings. The number of nitrogens with zero attached hydrogens (tertiary/aromatic N) is 2. The number of carbonyl (C=O) groups excluding carboxylic acids is 1. The number of ether oxygens (including phenoxy) is 3. The van der Waals surface area contributed by atoms with E-state index in [1.165, 1.54) is 0 Å². The van der Waals surface area contributed by atoms with Crippen molar-refractivity contribution in [3.05, 3.63) is 60.4 Å². The van der Waals surface area contributed by atoms with Gasteiger partial charge in [-0.1, -0.05) is 18.2 Å². The monoisotopic (exact) mass is 342 g/mol. The predicted octanol–water partition coefficient (Wildman–Crippen LogP) is 2.02. The van der Waals surface area contributed by atoms with Crippen LogP contribution in [0.15, 0.2) is 54.9 Å². The molecule has 1 atom stereocenters. The second kappa shape index (κ2) is 8.09. The van der Waals surface area contributed by atoms with E-state index >= 15 is 0 Å². The topological polar surface area (TPSA) is 60.9 Å². The van der Waals surface area contributed by atoms with Crippen molar-refractivity contribution in [3.63, 3.8) is 0 Å². The van der Waals surface area contributed by atoms with E-state index in [2.05, 4.69) is 4.98 Å². The van der Waals surface area contributed by atoms with Crippen molar-refractivity contribution in [3.8, 4) is 5.75 Å². The molecule has 2 aromatic rings. The van der Waals surface area contributed by atoms with Gasteiger partial charge in [-0.2, -0.15) is 0 Å². The van der Waals surface area contributed by atoms with Crippen LogP contribution >= 0.6 is 0 Å². The third-order valence-electron chi connectivity index (χ3n) is 4.24. The van der Waals surface area contributed by atoms with Gasteiger partial charge in [-0.25, -0.2) is 0 Å². The van der Waals surface area contributed by atoms with Gasteiger partial charge in [0.15, 0.2) is 0 Å². The number of carbonyl (C=O) groups is 1. The summed E-state index contributed by atoms with van der Waals surface area (Å²) >= 11 is 0. The van der Waals surface area contributed by atoms with Crippen LogP contribution in [0.4, 0.5) is 0 Å². The average molecular weight is 342 g/mol. The zero-order valence-corrected chi connectivity index (χ0v) is 14.3. The number of amides is 1. The van der Waals surface area contributed by atoms with E-state index in [4.69, 9.17) is 14.2 Å². The fraction of sp³-hybridized carbons (Fsp3) is 0.368. The molecule has 0 unspecified atom stereocenters. The van der Waals surface area contributed by atoms with Gasteiger partial charge in [0.05, 0.1) is 19.8 Å². The summed E-state index contributed by atoms with van der Waals surface area (Å²) in [6.45, 7) is 2.05. The largest absolute Gasteiger partial charge is 0.490 e. The standard InChI is InChI=1S/C19H22N2O4/c1-23-19(15-25-17-5-3-2-4-6-17)13-21(11-12-24-14-19)18(22)16-7-9-20-10-8-16/h2-10H,11-15H2,1H3/t19-/m0/s1. The number of rotatable bonds is 5. The summed E-state index contributed by atoms with van der Waals surface area (Å²) in [5.41, 5.74) is -0.111. The first kappa shape index (κ1) is 17.4. The molecule has 25 heavy (non-hydrogen) atoms. The smallest absolute Gasteiger partial charge is 0.254 e. The van der Waals surface area contributed by atoms with Crippen LogP contribution in [0.3, 0.4) is 0 Å². The van der Waals surface area contributed by atoms with Gasteiger partial charge in [0, 0.05) is 31.6 Å². The van der Waals surface area contributed by atoms with Gasteiger partial charge >= 0.3 is 0 Å². The van der Waals surface area contributed by atoms with E-state index in [0.717, 1.165) is 5.75 Å². The summed E-state index contributed by atoms with van der Waals surface area (Å²) in [7, 11) is 1.62. The maximum Gasteiger partial charge on any atom is 0.254 e. The summed E-state index contributed by atoms with van der Waals surface area (Å²) in [4.78, 5) is 18.5. The molecule has 0 saturated carbocycles. The number of hydrogen-bond acceptors (Lipinski definition) is 5. The fourth-order valence-corrected chi connectivity index (χ4v) is 2.76. The van der Waals surface area contributed by atoms with Gasteiger partial charge in [-0.15, -0.1) is 0 Å². The Labute approximate surface area is 147 Å². The molecule has 1 aliphatic heterocycles. The van der Waals surface area contributed by atoms with E-state index in [-0.39, 0.29) is 5.91 Å². The van der Waals surface area contributed by atoms with Gasteiger partial charge in [0.25, 0.3) is 5.91 Å². The first-order valence-corrected chi connectivity index (χ1v) is 8.22. The lowest BCUT2D eigenvalue weighted by atomic mass is 10.1. The third-order valence-corrected chi connectivity index (χ3v) is 4.24. The maximum absolute atomic E-state index is 12.8. The van der Waals surface area contributed by atoms with Crippen LogP contribution in [-0.4, -0.2) is 61.4 Å². The summed E-state index contributed by atoms with van der Waals surface area (Å²) in [5, 5.41) is 0. The van der Waals surface area contributed by atoms with Crippen LogP contribution < -0.4 is 4.74 Å². The molecule has 132 valence electrons. The number of benzene rings is 1. The van der Waals surface area contributed by atoms with Gasteiger partial charge in [0.2, 0.25) is 0 Å². The molecule has 0 radical (unpaired) electrons. The quantitative estimate of drug-likeness (QED) is 0.832. The first-order chi connectivity index (χ1) is 12.2. The second-order valence-corrected chi connectivity index (χ2v) is 6.00. The van der Waals surface area contributed by atoms with Crippen molar-refractivity contribution in [2.24, 2.45) is 0 Å². The van der Waals surface area contributed by atoms with E-state index in [0.29, 0.717) is 38.5 Å². The van der Waals surface area contributed by atoms with E-state index in [1.807, 2.05) is 30.3 Å². The Morgan fingerprint density at radius 2 is 2.00 bits per heavy atom. The molecule has 6 nitrogen and oxygen atoms in total. The minimum atomic E-state index is -0.713. The highest BCUT2D eigenvalue weighted by molar-refractivity contribution is 5.94. The normalized spacial score (nSPS) is 20.8. The molecule has 3 rings (SSSR count). The van der Waals surface area contributed by atoms with Gasteiger partial charge < -0.3 is 19.1 Å². The van der Waals surface area contributed by atoms with E-state index < -0.39 is 5.60 Å². The summed E-state index contributed by atoms with van der Waals surface area (Å²) in [5.74, 6) is 0.698. The molecular weight excluding hydrogens is 320 g/mol. The highest BCUT2D eigenvalue weighted by Gasteiger charge is 2.38. The van der Waals surface area contributed by atoms with Crippen LogP contribution in [0.25, 0.3) is 0 Å². The Morgan fingerprint density at radius 3 is 2.72 bits per heavy atom. The molecule has 0 spiro atoms. The van der Waals surface area contributed by atoms with Crippen molar-refractivity contribution in [1.82, 2.24) is 9.88 Å². The molecular formula is C19H22N2O4.